The molecule has 4 nitrogen and oxygen atoms in total. The first-order valence-electron chi connectivity index (χ1n) is 4.75. The highest BCUT2D eigenvalue weighted by Gasteiger charge is 2.15. The summed E-state index contributed by atoms with van der Waals surface area (Å²) in [5, 5.41) is 6.04. The van der Waals surface area contributed by atoms with Gasteiger partial charge in [0.05, 0.1) is 11.9 Å². The maximum atomic E-state index is 13.0. The summed E-state index contributed by atoms with van der Waals surface area (Å²) in [5.74, 6) is -0.787. The summed E-state index contributed by atoms with van der Waals surface area (Å²) in [6.07, 6.45) is 1.44. The van der Waals surface area contributed by atoms with Crippen LogP contribution >= 0.6 is 15.9 Å². The van der Waals surface area contributed by atoms with E-state index in [1.54, 1.807) is 6.92 Å². The largest absolute Gasteiger partial charge is 0.351 e. The van der Waals surface area contributed by atoms with Crippen molar-refractivity contribution in [1.29, 1.82) is 0 Å². The van der Waals surface area contributed by atoms with Gasteiger partial charge in [0.25, 0.3) is 5.91 Å². The third kappa shape index (κ3) is 2.52. The number of carbonyl (C=O) groups is 1. The van der Waals surface area contributed by atoms with Crippen molar-refractivity contribution in [3.8, 4) is 0 Å². The summed E-state index contributed by atoms with van der Waals surface area (Å²) in [6.45, 7) is 1.70. The van der Waals surface area contributed by atoms with Gasteiger partial charge in [-0.3, -0.25) is 4.79 Å². The fraction of sp³-hybridized carbons (Fsp3) is 0.0909. The topological polar surface area (TPSA) is 55.1 Å². The molecule has 0 aliphatic carbocycles. The summed E-state index contributed by atoms with van der Waals surface area (Å²) in [5.41, 5.74) is 0.959. The van der Waals surface area contributed by atoms with Gasteiger partial charge in [0.2, 0.25) is 5.76 Å². The lowest BCUT2D eigenvalue weighted by molar-refractivity contribution is 0.0987. The fourth-order valence-electron chi connectivity index (χ4n) is 1.28. The van der Waals surface area contributed by atoms with E-state index in [2.05, 4.69) is 26.4 Å². The van der Waals surface area contributed by atoms with E-state index in [9.17, 15) is 9.18 Å². The van der Waals surface area contributed by atoms with Crippen molar-refractivity contribution in [2.75, 3.05) is 5.32 Å². The zero-order chi connectivity index (χ0) is 12.4. The lowest BCUT2D eigenvalue weighted by atomic mass is 10.2. The Labute approximate surface area is 105 Å². The van der Waals surface area contributed by atoms with Crippen LogP contribution in [0.5, 0.6) is 0 Å². The molecule has 6 heteroatoms. The van der Waals surface area contributed by atoms with E-state index in [0.29, 0.717) is 15.7 Å². The van der Waals surface area contributed by atoms with Crippen LogP contribution in [-0.4, -0.2) is 11.1 Å². The summed E-state index contributed by atoms with van der Waals surface area (Å²) in [6, 6.07) is 4.02. The molecule has 0 atom stereocenters. The van der Waals surface area contributed by atoms with Crippen molar-refractivity contribution in [3.05, 3.63) is 46.0 Å². The summed E-state index contributed by atoms with van der Waals surface area (Å²) in [7, 11) is 0. The summed E-state index contributed by atoms with van der Waals surface area (Å²) in [4.78, 5) is 11.8. The Kier molecular flexibility index (Phi) is 3.23. The molecular weight excluding hydrogens is 291 g/mol. The first-order valence-corrected chi connectivity index (χ1v) is 5.55. The number of amides is 1. The molecule has 0 saturated carbocycles. The second-order valence-electron chi connectivity index (χ2n) is 3.42. The van der Waals surface area contributed by atoms with Gasteiger partial charge in [0.15, 0.2) is 0 Å². The van der Waals surface area contributed by atoms with Crippen molar-refractivity contribution < 1.29 is 13.7 Å². The normalized spacial score (nSPS) is 10.3. The van der Waals surface area contributed by atoms with Gasteiger partial charge in [-0.05, 0) is 41.1 Å². The Morgan fingerprint density at radius 2 is 2.29 bits per heavy atom. The Hall–Kier alpha value is -1.69. The van der Waals surface area contributed by atoms with Crippen LogP contribution in [0, 0.1) is 12.7 Å². The monoisotopic (exact) mass is 298 g/mol. The zero-order valence-electron chi connectivity index (χ0n) is 8.83. The van der Waals surface area contributed by atoms with Gasteiger partial charge in [-0.1, -0.05) is 5.16 Å². The number of hydrogen-bond donors (Lipinski definition) is 1. The van der Waals surface area contributed by atoms with Gasteiger partial charge in [-0.2, -0.15) is 0 Å². The number of halogens is 2. The fourth-order valence-corrected chi connectivity index (χ4v) is 1.63. The number of carbonyl (C=O) groups excluding carboxylic acids is 1. The molecule has 0 fully saturated rings. The predicted octanol–water partition coefficient (Wildman–Crippen LogP) is 3.14. The molecule has 1 aromatic carbocycles. The lowest BCUT2D eigenvalue weighted by Crippen LogP contribution is -2.12. The van der Waals surface area contributed by atoms with Crippen molar-refractivity contribution in [2.24, 2.45) is 0 Å². The summed E-state index contributed by atoms with van der Waals surface area (Å²) >= 11 is 3.21. The molecule has 0 unspecified atom stereocenters. The second kappa shape index (κ2) is 4.67. The molecule has 17 heavy (non-hydrogen) atoms. The van der Waals surface area contributed by atoms with Crippen LogP contribution in [0.25, 0.3) is 0 Å². The van der Waals surface area contributed by atoms with Gasteiger partial charge in [0.1, 0.15) is 5.82 Å². The number of nitrogens with zero attached hydrogens (tertiary/aromatic N) is 1. The van der Waals surface area contributed by atoms with Gasteiger partial charge >= 0.3 is 0 Å². The van der Waals surface area contributed by atoms with E-state index in [1.165, 1.54) is 24.4 Å². The second-order valence-corrected chi connectivity index (χ2v) is 4.27. The molecule has 2 aromatic rings. The van der Waals surface area contributed by atoms with Crippen molar-refractivity contribution in [1.82, 2.24) is 5.16 Å². The molecule has 1 heterocycles. The number of rotatable bonds is 2. The maximum Gasteiger partial charge on any atom is 0.294 e. The van der Waals surface area contributed by atoms with Crippen LogP contribution in [0.4, 0.5) is 10.1 Å². The lowest BCUT2D eigenvalue weighted by Gasteiger charge is -2.05. The quantitative estimate of drug-likeness (QED) is 0.927. The number of aryl methyl sites for hydroxylation is 1. The molecule has 0 aliphatic heterocycles. The van der Waals surface area contributed by atoms with Crippen LogP contribution in [0.1, 0.15) is 16.1 Å². The Bertz CT molecular complexity index is 568. The molecule has 88 valence electrons. The Morgan fingerprint density at radius 1 is 1.53 bits per heavy atom. The van der Waals surface area contributed by atoms with Crippen molar-refractivity contribution in [3.63, 3.8) is 0 Å². The van der Waals surface area contributed by atoms with Crippen LogP contribution in [0.2, 0.25) is 0 Å². The minimum absolute atomic E-state index is 0.112. The number of benzene rings is 1. The standard InChI is InChI=1S/C11H8BrFN2O2/c1-6-5-14-17-10(6)11(16)15-9-4-7(13)2-3-8(9)12/h2-5H,1H3,(H,15,16). The molecule has 0 spiro atoms. The first kappa shape index (κ1) is 11.8. The molecular formula is C11H8BrFN2O2. The molecule has 1 N–H and O–H groups in total. The van der Waals surface area contributed by atoms with Crippen LogP contribution in [0.3, 0.4) is 0 Å². The molecule has 0 bridgehead atoms. The van der Waals surface area contributed by atoms with Gasteiger partial charge in [0, 0.05) is 10.0 Å². The van der Waals surface area contributed by atoms with E-state index in [4.69, 9.17) is 4.52 Å². The van der Waals surface area contributed by atoms with Crippen molar-refractivity contribution in [2.45, 2.75) is 6.92 Å². The molecule has 0 aliphatic rings. The number of anilines is 1. The van der Waals surface area contributed by atoms with E-state index >= 15 is 0 Å². The summed E-state index contributed by atoms with van der Waals surface area (Å²) < 4.78 is 18.4. The van der Waals surface area contributed by atoms with E-state index in [1.807, 2.05) is 0 Å². The molecule has 1 aromatic heterocycles. The van der Waals surface area contributed by atoms with Gasteiger partial charge in [-0.25, -0.2) is 4.39 Å². The van der Waals surface area contributed by atoms with Crippen LogP contribution in [0.15, 0.2) is 33.4 Å². The smallest absolute Gasteiger partial charge is 0.294 e. The molecule has 0 radical (unpaired) electrons. The van der Waals surface area contributed by atoms with Crippen molar-refractivity contribution >= 4 is 27.5 Å². The molecule has 1 amide bonds. The minimum atomic E-state index is -0.466. The van der Waals surface area contributed by atoms with Crippen LogP contribution < -0.4 is 5.32 Å². The predicted molar refractivity (Wildman–Crippen MR) is 63.3 cm³/mol. The highest BCUT2D eigenvalue weighted by molar-refractivity contribution is 9.10. The number of aromatic nitrogens is 1. The van der Waals surface area contributed by atoms with Gasteiger partial charge < -0.3 is 9.84 Å². The zero-order valence-corrected chi connectivity index (χ0v) is 10.4. The number of nitrogens with one attached hydrogen (secondary N) is 1. The van der Waals surface area contributed by atoms with E-state index < -0.39 is 11.7 Å². The third-order valence-corrected chi connectivity index (χ3v) is 2.82. The third-order valence-electron chi connectivity index (χ3n) is 2.13. The highest BCUT2D eigenvalue weighted by atomic mass is 79.9. The maximum absolute atomic E-state index is 13.0. The van der Waals surface area contributed by atoms with E-state index in [0.717, 1.165) is 0 Å². The molecule has 2 rings (SSSR count). The SMILES string of the molecule is Cc1cnoc1C(=O)Nc1cc(F)ccc1Br. The van der Waals surface area contributed by atoms with Gasteiger partial charge in [-0.15, -0.1) is 0 Å². The highest BCUT2D eigenvalue weighted by Crippen LogP contribution is 2.23. The van der Waals surface area contributed by atoms with Crippen LogP contribution in [-0.2, 0) is 0 Å². The Balaban J connectivity index is 2.24. The first-order chi connectivity index (χ1) is 8.08. The minimum Gasteiger partial charge on any atom is -0.351 e. The van der Waals surface area contributed by atoms with E-state index in [-0.39, 0.29) is 5.76 Å². The number of hydrogen-bond acceptors (Lipinski definition) is 3. The Morgan fingerprint density at radius 3 is 2.94 bits per heavy atom. The average Bonchev–Trinajstić information content (AvgIpc) is 2.70. The average molecular weight is 299 g/mol. The molecule has 0 saturated heterocycles.